The van der Waals surface area contributed by atoms with Gasteiger partial charge in [-0.15, -0.1) is 0 Å². The molecule has 0 aliphatic carbocycles. The van der Waals surface area contributed by atoms with Crippen LogP contribution in [0.2, 0.25) is 0 Å². The molecule has 0 saturated carbocycles. The zero-order chi connectivity index (χ0) is 7.56. The average Bonchev–Trinajstić information content (AvgIpc) is 2.30. The van der Waals surface area contributed by atoms with E-state index in [0.29, 0.717) is 0 Å². The fraction of sp³-hybridized carbons (Fsp3) is 0. The molecule has 10 heavy (non-hydrogen) atoms. The first-order chi connectivity index (χ1) is 4.77. The fourth-order valence-corrected chi connectivity index (χ4v) is 0.460. The normalized spacial score (nSPS) is 8.20. The van der Waals surface area contributed by atoms with Crippen LogP contribution in [0.1, 0.15) is 11.5 Å². The van der Waals surface area contributed by atoms with Crippen LogP contribution < -0.4 is 0 Å². The van der Waals surface area contributed by atoms with E-state index in [9.17, 15) is 0 Å². The second-order valence-corrected chi connectivity index (χ2v) is 1.40. The second kappa shape index (κ2) is 2.08. The second-order valence-electron chi connectivity index (χ2n) is 1.40. The van der Waals surface area contributed by atoms with Crippen LogP contribution in [0.5, 0.6) is 6.08 Å². The van der Waals surface area contributed by atoms with Gasteiger partial charge in [0, 0.05) is 0 Å². The molecular formula is C5HN3O2. The Morgan fingerprint density at radius 2 is 2.10 bits per heavy atom. The molecule has 0 amide bonds. The summed E-state index contributed by atoms with van der Waals surface area (Å²) in [6, 6.07) is 3.14. The molecule has 1 N–H and O–H groups in total. The lowest BCUT2D eigenvalue weighted by atomic mass is 10.4. The molecule has 48 valence electrons. The number of hydrogen-bond donors (Lipinski definition) is 1. The van der Waals surface area contributed by atoms with Crippen molar-refractivity contribution in [1.82, 2.24) is 4.98 Å². The summed E-state index contributed by atoms with van der Waals surface area (Å²) in [5, 5.41) is 25.0. The Labute approximate surface area is 55.8 Å². The highest BCUT2D eigenvalue weighted by Gasteiger charge is 2.09. The van der Waals surface area contributed by atoms with Crippen LogP contribution in [-0.4, -0.2) is 10.1 Å². The van der Waals surface area contributed by atoms with E-state index >= 15 is 0 Å². The van der Waals surface area contributed by atoms with Gasteiger partial charge in [-0.25, -0.2) is 0 Å². The van der Waals surface area contributed by atoms with E-state index in [-0.39, 0.29) is 11.5 Å². The Bertz CT molecular complexity index is 296. The Balaban J connectivity index is 3.28. The number of aromatic nitrogens is 1. The quantitative estimate of drug-likeness (QED) is 0.545. The molecule has 1 rings (SSSR count). The third-order valence-corrected chi connectivity index (χ3v) is 0.823. The van der Waals surface area contributed by atoms with Gasteiger partial charge >= 0.3 is 6.08 Å². The first kappa shape index (κ1) is 6.12. The molecule has 0 bridgehead atoms. The van der Waals surface area contributed by atoms with Crippen LogP contribution in [0.3, 0.4) is 0 Å². The Morgan fingerprint density at radius 3 is 2.50 bits per heavy atom. The van der Waals surface area contributed by atoms with Crippen molar-refractivity contribution >= 4 is 0 Å². The Hall–Kier alpha value is -2.01. The van der Waals surface area contributed by atoms with E-state index in [1.165, 1.54) is 0 Å². The van der Waals surface area contributed by atoms with Gasteiger partial charge in [-0.05, 0) is 0 Å². The zero-order valence-electron chi connectivity index (χ0n) is 4.70. The van der Waals surface area contributed by atoms with Gasteiger partial charge in [0.2, 0.25) is 11.5 Å². The van der Waals surface area contributed by atoms with Gasteiger partial charge in [0.1, 0.15) is 12.1 Å². The molecule has 0 spiro atoms. The lowest BCUT2D eigenvalue weighted by molar-refractivity contribution is 0.312. The number of hydrogen-bond acceptors (Lipinski definition) is 5. The van der Waals surface area contributed by atoms with Crippen molar-refractivity contribution < 1.29 is 9.52 Å². The third kappa shape index (κ3) is 0.762. The van der Waals surface area contributed by atoms with Gasteiger partial charge in [0.05, 0.1) is 0 Å². The SMILES string of the molecule is N#Cc1nc(O)oc1C#N. The Morgan fingerprint density at radius 1 is 1.40 bits per heavy atom. The fourth-order valence-electron chi connectivity index (χ4n) is 0.460. The minimum Gasteiger partial charge on any atom is -0.466 e. The van der Waals surface area contributed by atoms with Crippen LogP contribution in [0.15, 0.2) is 4.42 Å². The summed E-state index contributed by atoms with van der Waals surface area (Å²) < 4.78 is 4.32. The summed E-state index contributed by atoms with van der Waals surface area (Å²) in [4.78, 5) is 3.21. The van der Waals surface area contributed by atoms with E-state index in [0.717, 1.165) is 0 Å². The molecule has 1 aromatic rings. The van der Waals surface area contributed by atoms with E-state index in [2.05, 4.69) is 9.40 Å². The molecule has 0 aliphatic heterocycles. The molecular weight excluding hydrogens is 134 g/mol. The van der Waals surface area contributed by atoms with Gasteiger partial charge in [-0.3, -0.25) is 0 Å². The lowest BCUT2D eigenvalue weighted by Gasteiger charge is -1.71. The smallest absolute Gasteiger partial charge is 0.393 e. The van der Waals surface area contributed by atoms with Crippen molar-refractivity contribution in [1.29, 1.82) is 10.5 Å². The molecule has 0 aromatic carbocycles. The van der Waals surface area contributed by atoms with Gasteiger partial charge in [0.25, 0.3) is 0 Å². The first-order valence-corrected chi connectivity index (χ1v) is 2.28. The average molecular weight is 135 g/mol. The van der Waals surface area contributed by atoms with Crippen molar-refractivity contribution in [2.24, 2.45) is 0 Å². The minimum atomic E-state index is -0.659. The maximum Gasteiger partial charge on any atom is 0.393 e. The largest absolute Gasteiger partial charge is 0.466 e. The van der Waals surface area contributed by atoms with Crippen LogP contribution in [-0.2, 0) is 0 Å². The summed E-state index contributed by atoms with van der Waals surface area (Å²) in [7, 11) is 0. The number of nitrogens with zero attached hydrogens (tertiary/aromatic N) is 3. The summed E-state index contributed by atoms with van der Waals surface area (Å²) >= 11 is 0. The third-order valence-electron chi connectivity index (χ3n) is 0.823. The van der Waals surface area contributed by atoms with Gasteiger partial charge in [0.15, 0.2) is 0 Å². The van der Waals surface area contributed by atoms with Crippen LogP contribution in [0.25, 0.3) is 0 Å². The van der Waals surface area contributed by atoms with Crippen LogP contribution in [0, 0.1) is 22.7 Å². The van der Waals surface area contributed by atoms with Crippen molar-refractivity contribution in [3.05, 3.63) is 11.5 Å². The van der Waals surface area contributed by atoms with E-state index < -0.39 is 6.08 Å². The topological polar surface area (TPSA) is 93.8 Å². The highest BCUT2D eigenvalue weighted by molar-refractivity contribution is 5.33. The number of oxazole rings is 1. The molecule has 0 fully saturated rings. The molecule has 0 radical (unpaired) electrons. The van der Waals surface area contributed by atoms with Crippen LogP contribution in [0.4, 0.5) is 0 Å². The highest BCUT2D eigenvalue weighted by Crippen LogP contribution is 2.12. The van der Waals surface area contributed by atoms with Crippen molar-refractivity contribution in [3.63, 3.8) is 0 Å². The van der Waals surface area contributed by atoms with E-state index in [1.807, 2.05) is 0 Å². The van der Waals surface area contributed by atoms with Crippen molar-refractivity contribution in [2.75, 3.05) is 0 Å². The number of nitriles is 2. The molecule has 0 saturated heterocycles. The van der Waals surface area contributed by atoms with E-state index in [1.54, 1.807) is 12.1 Å². The molecule has 5 nitrogen and oxygen atoms in total. The van der Waals surface area contributed by atoms with Crippen molar-refractivity contribution in [3.8, 4) is 18.2 Å². The molecule has 0 aliphatic rings. The predicted octanol–water partition coefficient (Wildman–Crippen LogP) is 0.124. The van der Waals surface area contributed by atoms with Gasteiger partial charge in [-0.2, -0.15) is 15.5 Å². The summed E-state index contributed by atoms with van der Waals surface area (Å²) in [5.74, 6) is -0.264. The van der Waals surface area contributed by atoms with Gasteiger partial charge in [-0.1, -0.05) is 0 Å². The molecule has 5 heteroatoms. The maximum absolute atomic E-state index is 8.52. The molecule has 0 atom stereocenters. The number of rotatable bonds is 0. The minimum absolute atomic E-state index is 0.194. The van der Waals surface area contributed by atoms with Crippen LogP contribution >= 0.6 is 0 Å². The molecule has 0 unspecified atom stereocenters. The monoisotopic (exact) mass is 135 g/mol. The maximum atomic E-state index is 8.52. The zero-order valence-corrected chi connectivity index (χ0v) is 4.70. The molecule has 1 aromatic heterocycles. The standard InChI is InChI=1S/C5HN3O2/c6-1-3-4(2-7)10-5(9)8-3/h(H,8,9). The van der Waals surface area contributed by atoms with E-state index in [4.69, 9.17) is 15.6 Å². The van der Waals surface area contributed by atoms with Gasteiger partial charge < -0.3 is 9.52 Å². The predicted molar refractivity (Wildman–Crippen MR) is 27.6 cm³/mol. The Kier molecular flexibility index (Phi) is 1.27. The van der Waals surface area contributed by atoms with Crippen molar-refractivity contribution in [2.45, 2.75) is 0 Å². The number of aromatic hydroxyl groups is 1. The summed E-state index contributed by atoms with van der Waals surface area (Å²) in [5.41, 5.74) is -0.194. The summed E-state index contributed by atoms with van der Waals surface area (Å²) in [6.45, 7) is 0. The summed E-state index contributed by atoms with van der Waals surface area (Å²) in [6.07, 6.45) is -0.659. The lowest BCUT2D eigenvalue weighted by Crippen LogP contribution is -1.75. The molecule has 1 heterocycles. The first-order valence-electron chi connectivity index (χ1n) is 2.28. The highest BCUT2D eigenvalue weighted by atomic mass is 16.5.